The second kappa shape index (κ2) is 8.00. The zero-order valence-corrected chi connectivity index (χ0v) is 17.6. The van der Waals surface area contributed by atoms with Crippen LogP contribution in [-0.2, 0) is 10.0 Å². The molecule has 0 spiro atoms. The van der Waals surface area contributed by atoms with Crippen molar-refractivity contribution in [3.63, 3.8) is 0 Å². The molecule has 1 atom stereocenters. The van der Waals surface area contributed by atoms with Crippen molar-refractivity contribution in [2.75, 3.05) is 7.05 Å². The number of nitrogens with zero attached hydrogens (tertiary/aromatic N) is 4. The van der Waals surface area contributed by atoms with Gasteiger partial charge in [-0.15, -0.1) is 0 Å². The van der Waals surface area contributed by atoms with Gasteiger partial charge in [-0.1, -0.05) is 12.1 Å². The van der Waals surface area contributed by atoms with Crippen molar-refractivity contribution >= 4 is 15.9 Å². The number of amides is 1. The monoisotopic (exact) mass is 425 g/mol. The predicted octanol–water partition coefficient (Wildman–Crippen LogP) is 2.54. The lowest BCUT2D eigenvalue weighted by atomic mass is 10.1. The van der Waals surface area contributed by atoms with Gasteiger partial charge in [0.25, 0.3) is 5.91 Å². The van der Waals surface area contributed by atoms with E-state index in [1.54, 1.807) is 35.1 Å². The molecule has 1 unspecified atom stereocenters. The summed E-state index contributed by atoms with van der Waals surface area (Å²) in [6.07, 6.45) is 4.84. The Morgan fingerprint density at radius 2 is 1.80 bits per heavy atom. The molecule has 0 aliphatic heterocycles. The summed E-state index contributed by atoms with van der Waals surface area (Å²) in [5, 5.41) is 4.10. The maximum absolute atomic E-state index is 12.9. The van der Waals surface area contributed by atoms with Crippen molar-refractivity contribution in [1.29, 1.82) is 0 Å². The zero-order chi connectivity index (χ0) is 21.3. The third kappa shape index (κ3) is 4.27. The highest BCUT2D eigenvalue weighted by Gasteiger charge is 2.28. The van der Waals surface area contributed by atoms with E-state index in [1.807, 2.05) is 31.2 Å². The Kier molecular flexibility index (Phi) is 5.40. The van der Waals surface area contributed by atoms with Gasteiger partial charge in [0.05, 0.1) is 16.6 Å². The van der Waals surface area contributed by atoms with E-state index in [4.69, 9.17) is 0 Å². The number of carbonyl (C=O) groups is 1. The molecular weight excluding hydrogens is 402 g/mol. The number of rotatable bonds is 7. The largest absolute Gasteiger partial charge is 0.335 e. The summed E-state index contributed by atoms with van der Waals surface area (Å²) in [5.41, 5.74) is 2.30. The van der Waals surface area contributed by atoms with E-state index in [0.29, 0.717) is 5.56 Å². The van der Waals surface area contributed by atoms with Gasteiger partial charge in [-0.05, 0) is 61.7 Å². The minimum atomic E-state index is -3.53. The van der Waals surface area contributed by atoms with Crippen LogP contribution >= 0.6 is 0 Å². The van der Waals surface area contributed by atoms with Crippen LogP contribution < -0.4 is 4.72 Å². The summed E-state index contributed by atoms with van der Waals surface area (Å²) < 4.78 is 28.9. The smallest absolute Gasteiger partial charge is 0.254 e. The van der Waals surface area contributed by atoms with Gasteiger partial charge in [0.15, 0.2) is 0 Å². The fraction of sp³-hybridized carbons (Fsp3) is 0.286. The fourth-order valence-electron chi connectivity index (χ4n) is 3.12. The van der Waals surface area contributed by atoms with Crippen LogP contribution in [0.15, 0.2) is 66.1 Å². The minimum Gasteiger partial charge on any atom is -0.335 e. The third-order valence-corrected chi connectivity index (χ3v) is 6.81. The molecule has 30 heavy (non-hydrogen) atoms. The molecule has 1 saturated carbocycles. The third-order valence-electron chi connectivity index (χ3n) is 5.27. The summed E-state index contributed by atoms with van der Waals surface area (Å²) in [6.45, 7) is 1.95. The van der Waals surface area contributed by atoms with Crippen LogP contribution in [0.25, 0.3) is 5.69 Å². The van der Waals surface area contributed by atoms with Gasteiger partial charge in [0, 0.05) is 18.7 Å². The van der Waals surface area contributed by atoms with E-state index in [-0.39, 0.29) is 22.9 Å². The second-order valence-corrected chi connectivity index (χ2v) is 9.16. The van der Waals surface area contributed by atoms with Gasteiger partial charge in [-0.25, -0.2) is 22.8 Å². The summed E-state index contributed by atoms with van der Waals surface area (Å²) >= 11 is 0. The van der Waals surface area contributed by atoms with Crippen molar-refractivity contribution in [1.82, 2.24) is 24.4 Å². The van der Waals surface area contributed by atoms with Gasteiger partial charge in [-0.3, -0.25) is 4.79 Å². The Balaban J connectivity index is 1.46. The molecule has 156 valence electrons. The van der Waals surface area contributed by atoms with Crippen molar-refractivity contribution in [3.05, 3.63) is 72.3 Å². The standard InChI is InChI=1S/C21H23N5O3S/c1-15(16-3-9-19(10-4-16)26-14-22-13-23-26)25(2)21(27)17-5-11-20(12-6-17)30(28,29)24-18-7-8-18/h3-6,9-15,18,24H,7-8H2,1-2H3. The summed E-state index contributed by atoms with van der Waals surface area (Å²) in [4.78, 5) is 18.6. The van der Waals surface area contributed by atoms with Crippen LogP contribution in [0.1, 0.15) is 41.7 Å². The average Bonchev–Trinajstić information content (AvgIpc) is 3.39. The molecule has 2 aromatic carbocycles. The van der Waals surface area contributed by atoms with E-state index in [9.17, 15) is 13.2 Å². The lowest BCUT2D eigenvalue weighted by Crippen LogP contribution is -2.30. The lowest BCUT2D eigenvalue weighted by molar-refractivity contribution is 0.0742. The fourth-order valence-corrected chi connectivity index (χ4v) is 4.42. The summed E-state index contributed by atoms with van der Waals surface area (Å²) in [7, 11) is -1.79. The molecule has 9 heteroatoms. The van der Waals surface area contributed by atoms with Crippen molar-refractivity contribution < 1.29 is 13.2 Å². The molecule has 1 amide bonds. The molecule has 1 aromatic heterocycles. The summed E-state index contributed by atoms with van der Waals surface area (Å²) in [5.74, 6) is -0.179. The number of carbonyl (C=O) groups excluding carboxylic acids is 1. The van der Waals surface area contributed by atoms with E-state index >= 15 is 0 Å². The maximum Gasteiger partial charge on any atom is 0.254 e. The highest BCUT2D eigenvalue weighted by Crippen LogP contribution is 2.24. The number of aromatic nitrogens is 3. The number of hydrogen-bond donors (Lipinski definition) is 1. The topological polar surface area (TPSA) is 97.2 Å². The van der Waals surface area contributed by atoms with E-state index in [1.165, 1.54) is 18.5 Å². The Hall–Kier alpha value is -3.04. The van der Waals surface area contributed by atoms with Crippen LogP contribution in [-0.4, -0.2) is 47.1 Å². The Bertz CT molecular complexity index is 1120. The molecule has 3 aromatic rings. The van der Waals surface area contributed by atoms with Gasteiger partial charge < -0.3 is 4.90 Å². The normalized spacial score (nSPS) is 15.0. The lowest BCUT2D eigenvalue weighted by Gasteiger charge is -2.25. The predicted molar refractivity (Wildman–Crippen MR) is 112 cm³/mol. The minimum absolute atomic E-state index is 0.0410. The zero-order valence-electron chi connectivity index (χ0n) is 16.8. The van der Waals surface area contributed by atoms with Gasteiger partial charge >= 0.3 is 0 Å². The molecule has 1 N–H and O–H groups in total. The van der Waals surface area contributed by atoms with Crippen LogP contribution in [0.3, 0.4) is 0 Å². The first-order valence-electron chi connectivity index (χ1n) is 9.70. The first kappa shape index (κ1) is 20.2. The Morgan fingerprint density at radius 3 is 2.37 bits per heavy atom. The van der Waals surface area contributed by atoms with Crippen LogP contribution in [0.2, 0.25) is 0 Å². The number of hydrogen-bond acceptors (Lipinski definition) is 5. The summed E-state index contributed by atoms with van der Waals surface area (Å²) in [6, 6.07) is 13.7. The van der Waals surface area contributed by atoms with E-state index in [2.05, 4.69) is 14.8 Å². The maximum atomic E-state index is 12.9. The van der Waals surface area contributed by atoms with Crippen molar-refractivity contribution in [3.8, 4) is 5.69 Å². The van der Waals surface area contributed by atoms with Crippen molar-refractivity contribution in [2.24, 2.45) is 0 Å². The molecule has 0 radical (unpaired) electrons. The van der Waals surface area contributed by atoms with Crippen molar-refractivity contribution in [2.45, 2.75) is 36.7 Å². The number of nitrogens with one attached hydrogen (secondary N) is 1. The average molecular weight is 426 g/mol. The highest BCUT2D eigenvalue weighted by molar-refractivity contribution is 7.89. The molecule has 1 aliphatic carbocycles. The molecule has 0 bridgehead atoms. The quantitative estimate of drug-likeness (QED) is 0.627. The molecule has 1 fully saturated rings. The Labute approximate surface area is 175 Å². The van der Waals surface area contributed by atoms with Crippen LogP contribution in [0.5, 0.6) is 0 Å². The van der Waals surface area contributed by atoms with Crippen LogP contribution in [0.4, 0.5) is 0 Å². The first-order valence-corrected chi connectivity index (χ1v) is 11.2. The van der Waals surface area contributed by atoms with Crippen LogP contribution in [0, 0.1) is 0 Å². The number of benzene rings is 2. The van der Waals surface area contributed by atoms with E-state index < -0.39 is 10.0 Å². The number of sulfonamides is 1. The SMILES string of the molecule is CC(c1ccc(-n2cncn2)cc1)N(C)C(=O)c1ccc(S(=O)(=O)NC2CC2)cc1. The Morgan fingerprint density at radius 1 is 1.13 bits per heavy atom. The highest BCUT2D eigenvalue weighted by atomic mass is 32.2. The second-order valence-electron chi connectivity index (χ2n) is 7.44. The molecule has 1 aliphatic rings. The molecule has 8 nitrogen and oxygen atoms in total. The molecule has 0 saturated heterocycles. The van der Waals surface area contributed by atoms with Gasteiger partial charge in [0.2, 0.25) is 10.0 Å². The molecular formula is C21H23N5O3S. The van der Waals surface area contributed by atoms with Gasteiger partial charge in [0.1, 0.15) is 12.7 Å². The van der Waals surface area contributed by atoms with E-state index in [0.717, 1.165) is 24.1 Å². The molecule has 4 rings (SSSR count). The van der Waals surface area contributed by atoms with Gasteiger partial charge in [-0.2, -0.15) is 5.10 Å². The molecule has 1 heterocycles. The first-order chi connectivity index (χ1) is 14.3.